The van der Waals surface area contributed by atoms with Crippen LogP contribution >= 0.6 is 11.6 Å². The van der Waals surface area contributed by atoms with E-state index in [2.05, 4.69) is 0 Å². The van der Waals surface area contributed by atoms with Crippen LogP contribution < -0.4 is 4.74 Å². The summed E-state index contributed by atoms with van der Waals surface area (Å²) >= 11 is 6.52. The fourth-order valence-electron chi connectivity index (χ4n) is 4.66. The molecule has 2 aromatic rings. The van der Waals surface area contributed by atoms with E-state index in [0.29, 0.717) is 17.0 Å². The van der Waals surface area contributed by atoms with Crippen LogP contribution in [0.15, 0.2) is 42.5 Å². The largest absolute Gasteiger partial charge is 0.497 e. The molecule has 2 N–H and O–H groups in total. The van der Waals surface area contributed by atoms with Gasteiger partial charge in [0.25, 0.3) is 0 Å². The molecular formula is C26H31ClO9. The summed E-state index contributed by atoms with van der Waals surface area (Å²) in [6.07, 6.45) is -5.41. The van der Waals surface area contributed by atoms with Crippen molar-refractivity contribution in [2.45, 2.75) is 62.4 Å². The summed E-state index contributed by atoms with van der Waals surface area (Å²) in [5, 5.41) is 21.2. The molecule has 2 aromatic carbocycles. The summed E-state index contributed by atoms with van der Waals surface area (Å²) in [5.41, 5.74) is 2.45. The highest BCUT2D eigenvalue weighted by Gasteiger charge is 2.63. The van der Waals surface area contributed by atoms with E-state index in [0.717, 1.165) is 16.9 Å². The lowest BCUT2D eigenvalue weighted by atomic mass is 9.87. The van der Waals surface area contributed by atoms with Crippen molar-refractivity contribution in [2.24, 2.45) is 0 Å². The second-order valence-corrected chi connectivity index (χ2v) is 9.55. The van der Waals surface area contributed by atoms with Gasteiger partial charge in [0.15, 0.2) is 6.10 Å². The predicted molar refractivity (Wildman–Crippen MR) is 129 cm³/mol. The molecule has 2 fully saturated rings. The molecule has 2 aliphatic rings. The van der Waals surface area contributed by atoms with Crippen molar-refractivity contribution >= 4 is 17.6 Å². The quantitative estimate of drug-likeness (QED) is 0.565. The molecule has 0 spiro atoms. The third kappa shape index (κ3) is 4.72. The lowest BCUT2D eigenvalue weighted by molar-refractivity contribution is -0.471. The maximum absolute atomic E-state index is 12.0. The van der Waals surface area contributed by atoms with Crippen LogP contribution in [0.5, 0.6) is 5.75 Å². The molecule has 0 amide bonds. The first-order valence-corrected chi connectivity index (χ1v) is 11.9. The fraction of sp³-hybridized carbons (Fsp3) is 0.500. The minimum atomic E-state index is -1.55. The number of carboxylic acid groups (broad SMARTS) is 1. The average molecular weight is 523 g/mol. The Kier molecular flexibility index (Phi) is 7.64. The van der Waals surface area contributed by atoms with E-state index in [9.17, 15) is 15.0 Å². The van der Waals surface area contributed by atoms with Gasteiger partial charge in [-0.1, -0.05) is 35.9 Å². The van der Waals surface area contributed by atoms with Crippen LogP contribution in [0.25, 0.3) is 0 Å². The monoisotopic (exact) mass is 522 g/mol. The zero-order valence-corrected chi connectivity index (χ0v) is 21.5. The number of aliphatic hydroxyl groups is 1. The van der Waals surface area contributed by atoms with Crippen molar-refractivity contribution in [3.8, 4) is 5.75 Å². The van der Waals surface area contributed by atoms with Gasteiger partial charge in [-0.05, 0) is 55.2 Å². The topological polar surface area (TPSA) is 113 Å². The minimum Gasteiger partial charge on any atom is -0.497 e. The highest BCUT2D eigenvalue weighted by molar-refractivity contribution is 6.31. The van der Waals surface area contributed by atoms with E-state index in [4.69, 9.17) is 40.0 Å². The average Bonchev–Trinajstić information content (AvgIpc) is 2.87. The predicted octanol–water partition coefficient (Wildman–Crippen LogP) is 3.33. The number of hydrogen-bond acceptors (Lipinski definition) is 8. The van der Waals surface area contributed by atoms with Gasteiger partial charge in [-0.3, -0.25) is 0 Å². The van der Waals surface area contributed by atoms with Gasteiger partial charge < -0.3 is 38.6 Å². The summed E-state index contributed by atoms with van der Waals surface area (Å²) < 4.78 is 34.8. The van der Waals surface area contributed by atoms with E-state index in [1.54, 1.807) is 33.1 Å². The molecular weight excluding hydrogens is 492 g/mol. The standard InChI is InChI=1S/C26H31ClO9/c1-25(32-4)26(2,33-5)36-23-20(34-22(24(29)30)19(28)21(23)35-25)15-8-11-18(27)16(13-15)12-14-6-9-17(31-3)10-7-14/h6-11,13,19-23,28H,12H2,1-5H3,(H,29,30). The van der Waals surface area contributed by atoms with E-state index in [1.807, 2.05) is 30.3 Å². The fourth-order valence-corrected chi connectivity index (χ4v) is 4.85. The van der Waals surface area contributed by atoms with E-state index in [1.165, 1.54) is 14.2 Å². The highest BCUT2D eigenvalue weighted by atomic mass is 35.5. The van der Waals surface area contributed by atoms with Gasteiger partial charge in [0, 0.05) is 19.2 Å². The molecule has 7 atom stereocenters. The van der Waals surface area contributed by atoms with Gasteiger partial charge in [-0.25, -0.2) is 4.79 Å². The molecule has 4 rings (SSSR count). The molecule has 0 aliphatic carbocycles. The number of methoxy groups -OCH3 is 3. The SMILES string of the molecule is COc1ccc(Cc2cc(C3OC(C(=O)O)C(O)C4OC(C)(OC)C(C)(OC)OC34)ccc2Cl)cc1. The number of aliphatic hydroxyl groups excluding tert-OH is 1. The van der Waals surface area contributed by atoms with Gasteiger partial charge >= 0.3 is 5.97 Å². The van der Waals surface area contributed by atoms with Gasteiger partial charge in [0.05, 0.1) is 7.11 Å². The molecule has 2 saturated heterocycles. The van der Waals surface area contributed by atoms with Crippen LogP contribution in [0.3, 0.4) is 0 Å². The Morgan fingerprint density at radius 2 is 1.61 bits per heavy atom. The van der Waals surface area contributed by atoms with Crippen LogP contribution in [0, 0.1) is 0 Å². The summed E-state index contributed by atoms with van der Waals surface area (Å²) in [4.78, 5) is 12.0. The number of fused-ring (bicyclic) bond motifs is 1. The number of ether oxygens (including phenoxy) is 6. The van der Waals surface area contributed by atoms with Gasteiger partial charge in [0.1, 0.15) is 30.2 Å². The Hall–Kier alpha value is -2.24. The molecule has 196 valence electrons. The normalized spacial score (nSPS) is 34.1. The lowest BCUT2D eigenvalue weighted by Crippen LogP contribution is -2.71. The number of carboxylic acids is 1. The molecule has 0 bridgehead atoms. The number of benzene rings is 2. The maximum atomic E-state index is 12.0. The molecule has 0 saturated carbocycles. The summed E-state index contributed by atoms with van der Waals surface area (Å²) in [6.45, 7) is 3.26. The molecule has 36 heavy (non-hydrogen) atoms. The van der Waals surface area contributed by atoms with Crippen LogP contribution in [0.2, 0.25) is 5.02 Å². The second-order valence-electron chi connectivity index (χ2n) is 9.15. The molecule has 10 heteroatoms. The van der Waals surface area contributed by atoms with Gasteiger partial charge in [-0.2, -0.15) is 0 Å². The van der Waals surface area contributed by atoms with Crippen LogP contribution in [-0.4, -0.2) is 73.5 Å². The zero-order chi connectivity index (χ0) is 26.3. The number of hydrogen-bond donors (Lipinski definition) is 2. The van der Waals surface area contributed by atoms with Crippen LogP contribution in [0.4, 0.5) is 0 Å². The Bertz CT molecular complexity index is 1090. The molecule has 0 radical (unpaired) electrons. The highest BCUT2D eigenvalue weighted by Crippen LogP contribution is 2.47. The first kappa shape index (κ1) is 26.8. The van der Waals surface area contributed by atoms with Crippen LogP contribution in [-0.2, 0) is 34.9 Å². The second kappa shape index (κ2) is 10.3. The Balaban J connectivity index is 1.71. The first-order chi connectivity index (χ1) is 17.1. The molecule has 2 heterocycles. The lowest BCUT2D eigenvalue weighted by Gasteiger charge is -2.56. The van der Waals surface area contributed by atoms with Crippen molar-refractivity contribution in [3.63, 3.8) is 0 Å². The van der Waals surface area contributed by atoms with E-state index >= 15 is 0 Å². The number of aliphatic carboxylic acids is 1. The van der Waals surface area contributed by atoms with Crippen molar-refractivity contribution in [1.29, 1.82) is 0 Å². The van der Waals surface area contributed by atoms with Gasteiger partial charge in [-0.15, -0.1) is 0 Å². The van der Waals surface area contributed by atoms with Crippen LogP contribution in [0.1, 0.15) is 36.6 Å². The van der Waals surface area contributed by atoms with Crippen molar-refractivity contribution in [2.75, 3.05) is 21.3 Å². The minimum absolute atomic E-state index is 0.525. The van der Waals surface area contributed by atoms with E-state index in [-0.39, 0.29) is 0 Å². The third-order valence-electron chi connectivity index (χ3n) is 7.08. The van der Waals surface area contributed by atoms with Gasteiger partial charge in [0.2, 0.25) is 11.6 Å². The summed E-state index contributed by atoms with van der Waals surface area (Å²) in [6, 6.07) is 12.9. The molecule has 7 unspecified atom stereocenters. The van der Waals surface area contributed by atoms with Crippen molar-refractivity contribution < 1.29 is 43.4 Å². The molecule has 9 nitrogen and oxygen atoms in total. The third-order valence-corrected chi connectivity index (χ3v) is 7.45. The summed E-state index contributed by atoms with van der Waals surface area (Å²) in [7, 11) is 4.48. The van der Waals surface area contributed by atoms with Crippen molar-refractivity contribution in [1.82, 2.24) is 0 Å². The van der Waals surface area contributed by atoms with Crippen molar-refractivity contribution in [3.05, 3.63) is 64.2 Å². The number of carbonyl (C=O) groups is 1. The summed E-state index contributed by atoms with van der Waals surface area (Å²) in [5.74, 6) is -3.37. The molecule has 0 aromatic heterocycles. The first-order valence-electron chi connectivity index (χ1n) is 11.5. The smallest absolute Gasteiger partial charge is 0.335 e. The zero-order valence-electron chi connectivity index (χ0n) is 20.8. The Morgan fingerprint density at radius 1 is 1.00 bits per heavy atom. The maximum Gasteiger partial charge on any atom is 0.335 e. The number of halogens is 1. The number of rotatable bonds is 7. The molecule has 2 aliphatic heterocycles. The Labute approximate surface area is 214 Å². The van der Waals surface area contributed by atoms with E-state index < -0.39 is 48.1 Å². The Morgan fingerprint density at radius 3 is 2.17 bits per heavy atom.